The molecule has 2 N–H and O–H groups in total. The van der Waals surface area contributed by atoms with E-state index in [1.165, 1.54) is 12.1 Å². The molecule has 3 rings (SSSR count). The number of benzene rings is 1. The first-order valence-corrected chi connectivity index (χ1v) is 9.04. The molecule has 1 aromatic carbocycles. The van der Waals surface area contributed by atoms with Crippen molar-refractivity contribution in [3.63, 3.8) is 0 Å². The predicted molar refractivity (Wildman–Crippen MR) is 96.3 cm³/mol. The molecule has 0 saturated heterocycles. The zero-order valence-corrected chi connectivity index (χ0v) is 15.2. The van der Waals surface area contributed by atoms with Gasteiger partial charge >= 0.3 is 0 Å². The molecule has 25 heavy (non-hydrogen) atoms. The van der Waals surface area contributed by atoms with E-state index in [0.717, 1.165) is 51.0 Å². The lowest BCUT2D eigenvalue weighted by atomic mass is 9.93. The Morgan fingerprint density at radius 2 is 1.84 bits per heavy atom. The van der Waals surface area contributed by atoms with Crippen molar-refractivity contribution in [2.24, 2.45) is 17.6 Å². The highest BCUT2D eigenvalue weighted by atomic mass is 35.5. The van der Waals surface area contributed by atoms with Gasteiger partial charge in [-0.2, -0.15) is 0 Å². The number of hydrogen-bond acceptors (Lipinski definition) is 2. The Balaban J connectivity index is 0.00000225. The van der Waals surface area contributed by atoms with Gasteiger partial charge in [0.05, 0.1) is 0 Å². The molecule has 1 aromatic rings. The molecule has 2 aliphatic carbocycles. The van der Waals surface area contributed by atoms with Gasteiger partial charge in [-0.3, -0.25) is 4.79 Å². The third kappa shape index (κ3) is 4.50. The molecule has 2 fully saturated rings. The van der Waals surface area contributed by atoms with Crippen molar-refractivity contribution in [3.8, 4) is 0 Å². The van der Waals surface area contributed by atoms with Crippen molar-refractivity contribution in [2.75, 3.05) is 6.54 Å². The fourth-order valence-corrected chi connectivity index (χ4v) is 4.29. The van der Waals surface area contributed by atoms with E-state index in [-0.39, 0.29) is 42.7 Å². The lowest BCUT2D eigenvalue weighted by Gasteiger charge is -2.33. The van der Waals surface area contributed by atoms with Crippen LogP contribution < -0.4 is 5.73 Å². The molecule has 2 aliphatic rings. The zero-order chi connectivity index (χ0) is 17.1. The maximum absolute atomic E-state index is 14.1. The van der Waals surface area contributed by atoms with E-state index < -0.39 is 11.6 Å². The predicted octanol–water partition coefficient (Wildman–Crippen LogP) is 4.03. The fraction of sp³-hybridized carbons (Fsp3) is 0.632. The van der Waals surface area contributed by atoms with Crippen LogP contribution in [0.2, 0.25) is 0 Å². The number of nitrogens with zero attached hydrogens (tertiary/aromatic N) is 1. The summed E-state index contributed by atoms with van der Waals surface area (Å²) in [6.07, 6.45) is 7.04. The number of hydrogen-bond donors (Lipinski definition) is 1. The summed E-state index contributed by atoms with van der Waals surface area (Å²) < 4.78 is 27.2. The summed E-state index contributed by atoms with van der Waals surface area (Å²) in [5, 5.41) is 0. The zero-order valence-electron chi connectivity index (χ0n) is 14.4. The fourth-order valence-electron chi connectivity index (χ4n) is 4.29. The molecule has 6 heteroatoms. The van der Waals surface area contributed by atoms with Crippen molar-refractivity contribution in [1.29, 1.82) is 0 Å². The third-order valence-corrected chi connectivity index (χ3v) is 5.68. The minimum absolute atomic E-state index is 0. The smallest absolute Gasteiger partial charge is 0.226 e. The van der Waals surface area contributed by atoms with Crippen LogP contribution in [0.4, 0.5) is 8.78 Å². The van der Waals surface area contributed by atoms with Crippen LogP contribution in [0.15, 0.2) is 18.2 Å². The molecular formula is C19H27ClF2N2O. The standard InChI is InChI=1S/C19H26F2N2O.ClH/c20-15-9-8-14(18(21)10-15)12-23(16-5-1-2-6-16)19(24)17-7-3-4-13(17)11-22;/h8-10,13,16-17H,1-7,11-12,22H2;1H/t13-,17-;/m1./s1. The second-order valence-electron chi connectivity index (χ2n) is 7.17. The van der Waals surface area contributed by atoms with Crippen molar-refractivity contribution in [3.05, 3.63) is 35.4 Å². The van der Waals surface area contributed by atoms with Gasteiger partial charge in [0.2, 0.25) is 5.91 Å². The summed E-state index contributed by atoms with van der Waals surface area (Å²) in [7, 11) is 0. The van der Waals surface area contributed by atoms with E-state index in [1.54, 1.807) is 0 Å². The van der Waals surface area contributed by atoms with E-state index in [0.29, 0.717) is 12.1 Å². The molecule has 1 amide bonds. The SMILES string of the molecule is Cl.NC[C@H]1CCC[C@H]1C(=O)N(Cc1ccc(F)cc1F)C1CCCC1. The molecule has 2 saturated carbocycles. The number of rotatable bonds is 5. The summed E-state index contributed by atoms with van der Waals surface area (Å²) in [6.45, 7) is 0.753. The minimum Gasteiger partial charge on any atom is -0.335 e. The van der Waals surface area contributed by atoms with E-state index in [2.05, 4.69) is 0 Å². The summed E-state index contributed by atoms with van der Waals surface area (Å²) in [5.74, 6) is -0.862. The van der Waals surface area contributed by atoms with Crippen molar-refractivity contribution >= 4 is 18.3 Å². The summed E-state index contributed by atoms with van der Waals surface area (Å²) >= 11 is 0. The highest BCUT2D eigenvalue weighted by Crippen LogP contribution is 2.35. The van der Waals surface area contributed by atoms with Crippen LogP contribution in [0.25, 0.3) is 0 Å². The number of halogens is 3. The average Bonchev–Trinajstić information content (AvgIpc) is 3.24. The number of amides is 1. The van der Waals surface area contributed by atoms with Crippen molar-refractivity contribution in [2.45, 2.75) is 57.5 Å². The molecule has 0 bridgehead atoms. The first-order chi connectivity index (χ1) is 11.6. The van der Waals surface area contributed by atoms with Crippen LogP contribution in [0.5, 0.6) is 0 Å². The number of nitrogens with two attached hydrogens (primary N) is 1. The van der Waals surface area contributed by atoms with Gasteiger partial charge < -0.3 is 10.6 Å². The van der Waals surface area contributed by atoms with Crippen LogP contribution in [-0.4, -0.2) is 23.4 Å². The molecule has 3 nitrogen and oxygen atoms in total. The van der Waals surface area contributed by atoms with Crippen molar-refractivity contribution in [1.82, 2.24) is 4.90 Å². The largest absolute Gasteiger partial charge is 0.335 e. The van der Waals surface area contributed by atoms with Crippen LogP contribution in [0.3, 0.4) is 0 Å². The quantitative estimate of drug-likeness (QED) is 0.848. The highest BCUT2D eigenvalue weighted by molar-refractivity contribution is 5.85. The van der Waals surface area contributed by atoms with Gasteiger partial charge in [-0.05, 0) is 44.2 Å². The summed E-state index contributed by atoms with van der Waals surface area (Å²) in [4.78, 5) is 15.0. The lowest BCUT2D eigenvalue weighted by Crippen LogP contribution is -2.43. The van der Waals surface area contributed by atoms with E-state index in [1.807, 2.05) is 4.90 Å². The Hall–Kier alpha value is -1.20. The first-order valence-electron chi connectivity index (χ1n) is 9.04. The molecule has 2 atom stereocenters. The second kappa shape index (κ2) is 8.95. The lowest BCUT2D eigenvalue weighted by molar-refractivity contribution is -0.139. The van der Waals surface area contributed by atoms with Gasteiger partial charge in [0.25, 0.3) is 0 Å². The van der Waals surface area contributed by atoms with Gasteiger partial charge in [0.15, 0.2) is 0 Å². The molecular weight excluding hydrogens is 346 g/mol. The summed E-state index contributed by atoms with van der Waals surface area (Å²) in [5.41, 5.74) is 6.22. The average molecular weight is 373 g/mol. The van der Waals surface area contributed by atoms with Gasteiger partial charge in [0.1, 0.15) is 11.6 Å². The Morgan fingerprint density at radius 1 is 1.12 bits per heavy atom. The molecule has 140 valence electrons. The summed E-state index contributed by atoms with van der Waals surface area (Å²) in [6, 6.07) is 3.77. The molecule has 0 spiro atoms. The third-order valence-electron chi connectivity index (χ3n) is 5.68. The second-order valence-corrected chi connectivity index (χ2v) is 7.17. The van der Waals surface area contributed by atoms with E-state index in [4.69, 9.17) is 5.73 Å². The van der Waals surface area contributed by atoms with Crippen LogP contribution in [0, 0.1) is 23.5 Å². The number of carbonyl (C=O) groups is 1. The first kappa shape index (κ1) is 20.1. The van der Waals surface area contributed by atoms with Gasteiger partial charge in [0, 0.05) is 30.1 Å². The minimum atomic E-state index is -0.589. The van der Waals surface area contributed by atoms with E-state index in [9.17, 15) is 13.6 Å². The molecule has 0 aromatic heterocycles. The highest BCUT2D eigenvalue weighted by Gasteiger charge is 2.37. The van der Waals surface area contributed by atoms with Crippen LogP contribution in [0.1, 0.15) is 50.5 Å². The Bertz CT molecular complexity index is 593. The Labute approximate surface area is 154 Å². The van der Waals surface area contributed by atoms with Crippen molar-refractivity contribution < 1.29 is 13.6 Å². The maximum atomic E-state index is 14.1. The normalized spacial score (nSPS) is 23.5. The monoisotopic (exact) mass is 372 g/mol. The maximum Gasteiger partial charge on any atom is 0.226 e. The molecule has 0 radical (unpaired) electrons. The van der Waals surface area contributed by atoms with Crippen LogP contribution >= 0.6 is 12.4 Å². The van der Waals surface area contributed by atoms with Gasteiger partial charge in [-0.1, -0.05) is 25.3 Å². The molecule has 0 aliphatic heterocycles. The molecule has 0 unspecified atom stereocenters. The Kier molecular flexibility index (Phi) is 7.20. The number of carbonyl (C=O) groups excluding carboxylic acids is 1. The van der Waals surface area contributed by atoms with Gasteiger partial charge in [-0.15, -0.1) is 12.4 Å². The van der Waals surface area contributed by atoms with Crippen LogP contribution in [-0.2, 0) is 11.3 Å². The van der Waals surface area contributed by atoms with E-state index >= 15 is 0 Å². The van der Waals surface area contributed by atoms with Gasteiger partial charge in [-0.25, -0.2) is 8.78 Å². The molecule has 0 heterocycles. The topological polar surface area (TPSA) is 46.3 Å². The Morgan fingerprint density at radius 3 is 2.48 bits per heavy atom.